The minimum Gasteiger partial charge on any atom is -0.488 e. The molecule has 1 aliphatic heterocycles. The van der Waals surface area contributed by atoms with Crippen molar-refractivity contribution in [2.75, 3.05) is 0 Å². The summed E-state index contributed by atoms with van der Waals surface area (Å²) in [5.74, 6) is -0.602. The van der Waals surface area contributed by atoms with Gasteiger partial charge in [0.05, 0.1) is 4.88 Å². The van der Waals surface area contributed by atoms with Crippen molar-refractivity contribution in [2.24, 2.45) is 0 Å². The van der Waals surface area contributed by atoms with E-state index in [-0.39, 0.29) is 5.91 Å². The van der Waals surface area contributed by atoms with E-state index in [1.54, 1.807) is 13.0 Å². The molecule has 3 rings (SSSR count). The predicted octanol–water partition coefficient (Wildman–Crippen LogP) is 3.29. The third kappa shape index (κ3) is 2.70. The lowest BCUT2D eigenvalue weighted by molar-refractivity contribution is -0.143. The molecule has 1 aromatic carbocycles. The molecule has 0 radical (unpaired) electrons. The van der Waals surface area contributed by atoms with Gasteiger partial charge in [-0.3, -0.25) is 4.79 Å². The fourth-order valence-corrected chi connectivity index (χ4v) is 3.51. The Hall–Kier alpha value is -2.34. The smallest absolute Gasteiger partial charge is 0.329 e. The number of amides is 1. The number of thiophene rings is 1. The van der Waals surface area contributed by atoms with Gasteiger partial charge >= 0.3 is 5.97 Å². The SMILES string of the molecule is CCC(C)(NC(=O)c1cc2c(s1)-c1ccccc1OC2)C(=O)O. The lowest BCUT2D eigenvalue weighted by atomic mass is 9.99. The van der Waals surface area contributed by atoms with Crippen LogP contribution in [-0.4, -0.2) is 22.5 Å². The van der Waals surface area contributed by atoms with Crippen LogP contribution in [0.3, 0.4) is 0 Å². The van der Waals surface area contributed by atoms with E-state index in [1.165, 1.54) is 18.3 Å². The van der Waals surface area contributed by atoms with Gasteiger partial charge in [0.15, 0.2) is 0 Å². The standard InChI is InChI=1S/C17H17NO4S/c1-3-17(2,16(20)21)18-15(19)13-8-10-9-22-12-7-5-4-6-11(12)14(10)23-13/h4-8H,3,9H2,1-2H3,(H,18,19)(H,20,21). The van der Waals surface area contributed by atoms with E-state index in [0.29, 0.717) is 17.9 Å². The molecule has 0 bridgehead atoms. The number of ether oxygens (including phenoxy) is 1. The van der Waals surface area contributed by atoms with Gasteiger partial charge in [0.25, 0.3) is 5.91 Å². The number of carbonyl (C=O) groups excluding carboxylic acids is 1. The number of hydrogen-bond donors (Lipinski definition) is 2. The molecule has 23 heavy (non-hydrogen) atoms. The van der Waals surface area contributed by atoms with Crippen molar-refractivity contribution >= 4 is 23.2 Å². The van der Waals surface area contributed by atoms with Crippen LogP contribution in [0.4, 0.5) is 0 Å². The first-order valence-electron chi connectivity index (χ1n) is 7.35. The number of carbonyl (C=O) groups is 2. The molecule has 1 aliphatic rings. The highest BCUT2D eigenvalue weighted by Crippen LogP contribution is 2.42. The third-order valence-electron chi connectivity index (χ3n) is 4.12. The Bertz CT molecular complexity index is 783. The van der Waals surface area contributed by atoms with Crippen LogP contribution in [0.1, 0.15) is 35.5 Å². The van der Waals surface area contributed by atoms with Crippen molar-refractivity contribution < 1.29 is 19.4 Å². The van der Waals surface area contributed by atoms with Gasteiger partial charge in [-0.1, -0.05) is 19.1 Å². The number of hydrogen-bond acceptors (Lipinski definition) is 4. The van der Waals surface area contributed by atoms with E-state index in [1.807, 2.05) is 24.3 Å². The Kier molecular flexibility index (Phi) is 3.85. The topological polar surface area (TPSA) is 75.6 Å². The lowest BCUT2D eigenvalue weighted by Gasteiger charge is -2.24. The molecule has 0 fully saturated rings. The van der Waals surface area contributed by atoms with E-state index < -0.39 is 11.5 Å². The van der Waals surface area contributed by atoms with E-state index in [4.69, 9.17) is 4.74 Å². The first-order valence-corrected chi connectivity index (χ1v) is 8.17. The van der Waals surface area contributed by atoms with E-state index >= 15 is 0 Å². The van der Waals surface area contributed by atoms with Gasteiger partial charge in [-0.15, -0.1) is 11.3 Å². The zero-order chi connectivity index (χ0) is 16.6. The second-order valence-corrected chi connectivity index (χ2v) is 6.75. The normalized spacial score (nSPS) is 14.9. The monoisotopic (exact) mass is 331 g/mol. The van der Waals surface area contributed by atoms with Crippen LogP contribution >= 0.6 is 11.3 Å². The maximum atomic E-state index is 12.4. The van der Waals surface area contributed by atoms with Gasteiger partial charge in [-0.2, -0.15) is 0 Å². The molecule has 1 amide bonds. The molecule has 2 N–H and O–H groups in total. The van der Waals surface area contributed by atoms with Crippen LogP contribution in [0.15, 0.2) is 30.3 Å². The Morgan fingerprint density at radius 1 is 1.39 bits per heavy atom. The Labute approximate surface area is 137 Å². The number of carboxylic acid groups (broad SMARTS) is 1. The molecular formula is C17H17NO4S. The fourth-order valence-electron chi connectivity index (χ4n) is 2.42. The third-order valence-corrected chi connectivity index (χ3v) is 5.33. The van der Waals surface area contributed by atoms with Crippen LogP contribution in [-0.2, 0) is 11.4 Å². The first-order chi connectivity index (χ1) is 10.9. The second kappa shape index (κ2) is 5.70. The molecule has 5 nitrogen and oxygen atoms in total. The number of rotatable bonds is 4. The first kappa shape index (κ1) is 15.6. The molecule has 6 heteroatoms. The average molecular weight is 331 g/mol. The van der Waals surface area contributed by atoms with Gasteiger partial charge < -0.3 is 15.2 Å². The summed E-state index contributed by atoms with van der Waals surface area (Å²) in [4.78, 5) is 25.3. The lowest BCUT2D eigenvalue weighted by Crippen LogP contribution is -2.51. The number of nitrogens with one attached hydrogen (secondary N) is 1. The summed E-state index contributed by atoms with van der Waals surface area (Å²) in [5.41, 5.74) is 0.650. The fraction of sp³-hybridized carbons (Fsp3) is 0.294. The van der Waals surface area contributed by atoms with Crippen molar-refractivity contribution in [1.29, 1.82) is 0 Å². The number of benzene rings is 1. The van der Waals surface area contributed by atoms with Crippen molar-refractivity contribution in [3.8, 4) is 16.2 Å². The van der Waals surface area contributed by atoms with E-state index in [2.05, 4.69) is 5.32 Å². The van der Waals surface area contributed by atoms with E-state index in [0.717, 1.165) is 21.8 Å². The van der Waals surface area contributed by atoms with Gasteiger partial charge in [-0.05, 0) is 31.5 Å². The van der Waals surface area contributed by atoms with E-state index in [9.17, 15) is 14.7 Å². The van der Waals surface area contributed by atoms with Gasteiger partial charge in [-0.25, -0.2) is 4.79 Å². The molecule has 1 aromatic heterocycles. The maximum Gasteiger partial charge on any atom is 0.329 e. The molecular weight excluding hydrogens is 314 g/mol. The molecule has 0 saturated carbocycles. The highest BCUT2D eigenvalue weighted by Gasteiger charge is 2.34. The summed E-state index contributed by atoms with van der Waals surface area (Å²) < 4.78 is 5.68. The summed E-state index contributed by atoms with van der Waals surface area (Å²) >= 11 is 1.36. The quantitative estimate of drug-likeness (QED) is 0.901. The maximum absolute atomic E-state index is 12.4. The number of fused-ring (bicyclic) bond motifs is 3. The van der Waals surface area contributed by atoms with Crippen LogP contribution in [0.5, 0.6) is 5.75 Å². The molecule has 1 unspecified atom stereocenters. The van der Waals surface area contributed by atoms with Crippen molar-refractivity contribution in [3.05, 3.63) is 40.8 Å². The summed E-state index contributed by atoms with van der Waals surface area (Å²) in [6.07, 6.45) is 0.311. The van der Waals surface area contributed by atoms with Crippen molar-refractivity contribution in [1.82, 2.24) is 5.32 Å². The van der Waals surface area contributed by atoms with Gasteiger partial charge in [0.1, 0.15) is 17.9 Å². The molecule has 0 aliphatic carbocycles. The van der Waals surface area contributed by atoms with Crippen LogP contribution in [0, 0.1) is 0 Å². The van der Waals surface area contributed by atoms with Crippen LogP contribution in [0.2, 0.25) is 0 Å². The van der Waals surface area contributed by atoms with Gasteiger partial charge in [0, 0.05) is 16.0 Å². The molecule has 1 atom stereocenters. The molecule has 120 valence electrons. The van der Waals surface area contributed by atoms with Crippen molar-refractivity contribution in [2.45, 2.75) is 32.4 Å². The Balaban J connectivity index is 1.91. The van der Waals surface area contributed by atoms with Crippen LogP contribution in [0.25, 0.3) is 10.4 Å². The molecule has 0 saturated heterocycles. The van der Waals surface area contributed by atoms with Crippen LogP contribution < -0.4 is 10.1 Å². The van der Waals surface area contributed by atoms with Crippen molar-refractivity contribution in [3.63, 3.8) is 0 Å². The zero-order valence-electron chi connectivity index (χ0n) is 12.9. The molecule has 0 spiro atoms. The highest BCUT2D eigenvalue weighted by molar-refractivity contribution is 7.17. The largest absolute Gasteiger partial charge is 0.488 e. The summed E-state index contributed by atoms with van der Waals surface area (Å²) in [6.45, 7) is 3.66. The van der Waals surface area contributed by atoms with Gasteiger partial charge in [0.2, 0.25) is 0 Å². The highest BCUT2D eigenvalue weighted by atomic mass is 32.1. The minimum atomic E-state index is -1.27. The number of carboxylic acids is 1. The average Bonchev–Trinajstić information content (AvgIpc) is 2.99. The second-order valence-electron chi connectivity index (χ2n) is 5.69. The summed E-state index contributed by atoms with van der Waals surface area (Å²) in [6, 6.07) is 9.47. The summed E-state index contributed by atoms with van der Waals surface area (Å²) in [7, 11) is 0. The predicted molar refractivity (Wildman–Crippen MR) is 87.9 cm³/mol. The Morgan fingerprint density at radius 2 is 2.13 bits per heavy atom. The summed E-state index contributed by atoms with van der Waals surface area (Å²) in [5, 5.41) is 11.9. The minimum absolute atomic E-state index is 0.311. The number of para-hydroxylation sites is 1. The zero-order valence-corrected chi connectivity index (χ0v) is 13.7. The molecule has 2 aromatic rings. The Morgan fingerprint density at radius 3 is 2.83 bits per heavy atom. The number of aliphatic carboxylic acids is 1. The molecule has 2 heterocycles.